The number of amides is 1. The highest BCUT2D eigenvalue weighted by Gasteiger charge is 2.15. The van der Waals surface area contributed by atoms with Crippen LogP contribution in [0.4, 0.5) is 0 Å². The molecule has 0 aromatic carbocycles. The number of nitrogens with one attached hydrogen (secondary N) is 2. The second kappa shape index (κ2) is 5.90. The lowest BCUT2D eigenvalue weighted by Crippen LogP contribution is -2.44. The van der Waals surface area contributed by atoms with Crippen LogP contribution in [-0.2, 0) is 9.53 Å². The van der Waals surface area contributed by atoms with Crippen molar-refractivity contribution in [3.05, 3.63) is 0 Å². The molecule has 1 unspecified atom stereocenters. The average molecular weight is 188 g/mol. The topological polar surface area (TPSA) is 70.6 Å². The second-order valence-corrected chi connectivity index (χ2v) is 3.00. The summed E-state index contributed by atoms with van der Waals surface area (Å²) in [5, 5.41) is 14.2. The number of aliphatic hydroxyl groups is 1. The zero-order chi connectivity index (χ0) is 9.52. The van der Waals surface area contributed by atoms with Gasteiger partial charge in [0, 0.05) is 25.6 Å². The number of carbonyl (C=O) groups excluding carboxylic acids is 1. The molecule has 76 valence electrons. The maximum atomic E-state index is 11.2. The first kappa shape index (κ1) is 10.4. The third kappa shape index (κ3) is 4.21. The zero-order valence-electron chi connectivity index (χ0n) is 7.58. The Morgan fingerprint density at radius 3 is 3.15 bits per heavy atom. The summed E-state index contributed by atoms with van der Waals surface area (Å²) in [5.41, 5.74) is 0. The molecule has 0 radical (unpaired) electrons. The lowest BCUT2D eigenvalue weighted by Gasteiger charge is -2.23. The van der Waals surface area contributed by atoms with Gasteiger partial charge in [-0.2, -0.15) is 0 Å². The van der Waals surface area contributed by atoms with Crippen molar-refractivity contribution in [3.63, 3.8) is 0 Å². The van der Waals surface area contributed by atoms with Gasteiger partial charge in [0.1, 0.15) is 0 Å². The van der Waals surface area contributed by atoms with Crippen LogP contribution in [0.1, 0.15) is 6.42 Å². The van der Waals surface area contributed by atoms with Gasteiger partial charge in [-0.3, -0.25) is 4.79 Å². The van der Waals surface area contributed by atoms with Crippen LogP contribution in [0.3, 0.4) is 0 Å². The summed E-state index contributed by atoms with van der Waals surface area (Å²) in [6, 6.07) is 0.118. The molecule has 0 aromatic heterocycles. The molecule has 1 amide bonds. The Balaban J connectivity index is 2.11. The molecule has 0 aromatic rings. The van der Waals surface area contributed by atoms with Crippen molar-refractivity contribution in [1.29, 1.82) is 0 Å². The van der Waals surface area contributed by atoms with Crippen molar-refractivity contribution in [3.8, 4) is 0 Å². The summed E-state index contributed by atoms with van der Waals surface area (Å²) >= 11 is 0. The molecule has 5 nitrogen and oxygen atoms in total. The van der Waals surface area contributed by atoms with E-state index in [1.54, 1.807) is 0 Å². The van der Waals surface area contributed by atoms with Crippen molar-refractivity contribution >= 4 is 5.91 Å². The molecule has 0 aliphatic carbocycles. The number of rotatable bonds is 4. The molecule has 1 atom stereocenters. The highest BCUT2D eigenvalue weighted by atomic mass is 16.5. The standard InChI is InChI=1S/C8H16N2O3/c11-3-1-10-8(12)5-7-6-13-4-2-9-7/h7,9,11H,1-6H2,(H,10,12). The van der Waals surface area contributed by atoms with Crippen LogP contribution < -0.4 is 10.6 Å². The van der Waals surface area contributed by atoms with Gasteiger partial charge in [0.25, 0.3) is 0 Å². The Morgan fingerprint density at radius 1 is 1.69 bits per heavy atom. The SMILES string of the molecule is O=C(CC1COCCN1)NCCO. The number of aliphatic hydroxyl groups excluding tert-OH is 1. The van der Waals surface area contributed by atoms with E-state index in [-0.39, 0.29) is 18.6 Å². The minimum Gasteiger partial charge on any atom is -0.395 e. The van der Waals surface area contributed by atoms with Crippen LogP contribution in [0.5, 0.6) is 0 Å². The van der Waals surface area contributed by atoms with Gasteiger partial charge in [0.05, 0.1) is 19.8 Å². The minimum absolute atomic E-state index is 0.0136. The predicted molar refractivity (Wildman–Crippen MR) is 47.3 cm³/mol. The Hall–Kier alpha value is -0.650. The Kier molecular flexibility index (Phi) is 4.74. The maximum Gasteiger partial charge on any atom is 0.221 e. The number of hydrogen-bond acceptors (Lipinski definition) is 4. The molecule has 0 bridgehead atoms. The van der Waals surface area contributed by atoms with Crippen LogP contribution in [0.2, 0.25) is 0 Å². The molecule has 1 saturated heterocycles. The van der Waals surface area contributed by atoms with E-state index in [1.165, 1.54) is 0 Å². The summed E-state index contributed by atoms with van der Waals surface area (Å²) in [6.07, 6.45) is 0.417. The number of ether oxygens (including phenoxy) is 1. The van der Waals surface area contributed by atoms with Gasteiger partial charge in [-0.15, -0.1) is 0 Å². The Labute approximate surface area is 77.5 Å². The molecule has 1 rings (SSSR count). The van der Waals surface area contributed by atoms with Gasteiger partial charge < -0.3 is 20.5 Å². The molecule has 5 heteroatoms. The van der Waals surface area contributed by atoms with Crippen molar-refractivity contribution in [2.75, 3.05) is 32.9 Å². The van der Waals surface area contributed by atoms with Crippen LogP contribution in [0.15, 0.2) is 0 Å². The smallest absolute Gasteiger partial charge is 0.221 e. The fourth-order valence-corrected chi connectivity index (χ4v) is 1.24. The average Bonchev–Trinajstić information content (AvgIpc) is 2.16. The van der Waals surface area contributed by atoms with Crippen molar-refractivity contribution < 1.29 is 14.6 Å². The van der Waals surface area contributed by atoms with Crippen molar-refractivity contribution in [2.24, 2.45) is 0 Å². The van der Waals surface area contributed by atoms with Crippen LogP contribution in [0, 0.1) is 0 Å². The van der Waals surface area contributed by atoms with Crippen LogP contribution >= 0.6 is 0 Å². The zero-order valence-corrected chi connectivity index (χ0v) is 7.58. The van der Waals surface area contributed by atoms with Gasteiger partial charge in [0.15, 0.2) is 0 Å². The van der Waals surface area contributed by atoms with Gasteiger partial charge in [0.2, 0.25) is 5.91 Å². The van der Waals surface area contributed by atoms with Crippen LogP contribution in [-0.4, -0.2) is 50.0 Å². The first-order valence-electron chi connectivity index (χ1n) is 4.51. The molecule has 0 saturated carbocycles. The molecule has 1 fully saturated rings. The molecular formula is C8H16N2O3. The first-order valence-corrected chi connectivity index (χ1v) is 4.51. The number of carbonyl (C=O) groups is 1. The molecule has 1 aliphatic heterocycles. The molecule has 3 N–H and O–H groups in total. The van der Waals surface area contributed by atoms with Gasteiger partial charge in [-0.25, -0.2) is 0 Å². The fraction of sp³-hybridized carbons (Fsp3) is 0.875. The number of hydrogen-bond donors (Lipinski definition) is 3. The number of morpholine rings is 1. The second-order valence-electron chi connectivity index (χ2n) is 3.00. The Bertz CT molecular complexity index is 157. The lowest BCUT2D eigenvalue weighted by atomic mass is 10.2. The van der Waals surface area contributed by atoms with E-state index in [0.717, 1.165) is 13.2 Å². The molecule has 1 heterocycles. The third-order valence-electron chi connectivity index (χ3n) is 1.86. The maximum absolute atomic E-state index is 11.2. The largest absolute Gasteiger partial charge is 0.395 e. The van der Waals surface area contributed by atoms with E-state index in [2.05, 4.69) is 10.6 Å². The molecular weight excluding hydrogens is 172 g/mol. The van der Waals surface area contributed by atoms with E-state index in [0.29, 0.717) is 19.6 Å². The minimum atomic E-state index is -0.0444. The summed E-state index contributed by atoms with van der Waals surface area (Å²) < 4.78 is 5.20. The summed E-state index contributed by atoms with van der Waals surface area (Å²) in [4.78, 5) is 11.2. The summed E-state index contributed by atoms with van der Waals surface area (Å²) in [6.45, 7) is 2.42. The van der Waals surface area contributed by atoms with Crippen molar-refractivity contribution in [1.82, 2.24) is 10.6 Å². The lowest BCUT2D eigenvalue weighted by molar-refractivity contribution is -0.122. The van der Waals surface area contributed by atoms with E-state index < -0.39 is 0 Å². The monoisotopic (exact) mass is 188 g/mol. The predicted octanol–water partition coefficient (Wildman–Crippen LogP) is -1.53. The highest BCUT2D eigenvalue weighted by Crippen LogP contribution is 1.97. The molecule has 1 aliphatic rings. The summed E-state index contributed by atoms with van der Waals surface area (Å²) in [5.74, 6) is -0.0444. The van der Waals surface area contributed by atoms with E-state index in [1.807, 2.05) is 0 Å². The molecule has 0 spiro atoms. The van der Waals surface area contributed by atoms with E-state index in [4.69, 9.17) is 9.84 Å². The quantitative estimate of drug-likeness (QED) is 0.501. The van der Waals surface area contributed by atoms with Gasteiger partial charge >= 0.3 is 0 Å². The van der Waals surface area contributed by atoms with E-state index >= 15 is 0 Å². The third-order valence-corrected chi connectivity index (χ3v) is 1.86. The molecule has 13 heavy (non-hydrogen) atoms. The first-order chi connectivity index (χ1) is 6.33. The summed E-state index contributed by atoms with van der Waals surface area (Å²) in [7, 11) is 0. The van der Waals surface area contributed by atoms with E-state index in [9.17, 15) is 4.79 Å². The fourth-order valence-electron chi connectivity index (χ4n) is 1.24. The Morgan fingerprint density at radius 2 is 2.54 bits per heavy atom. The van der Waals surface area contributed by atoms with Gasteiger partial charge in [-0.1, -0.05) is 0 Å². The van der Waals surface area contributed by atoms with Crippen LogP contribution in [0.25, 0.3) is 0 Å². The van der Waals surface area contributed by atoms with Crippen molar-refractivity contribution in [2.45, 2.75) is 12.5 Å². The normalized spacial score (nSPS) is 22.7. The highest BCUT2D eigenvalue weighted by molar-refractivity contribution is 5.76. The van der Waals surface area contributed by atoms with Gasteiger partial charge in [-0.05, 0) is 0 Å².